The third-order valence-electron chi connectivity index (χ3n) is 2.62. The van der Waals surface area contributed by atoms with Gasteiger partial charge >= 0.3 is 0 Å². The van der Waals surface area contributed by atoms with E-state index < -0.39 is 0 Å². The summed E-state index contributed by atoms with van der Waals surface area (Å²) in [5.74, 6) is 4.43. The summed E-state index contributed by atoms with van der Waals surface area (Å²) in [4.78, 5) is 8.90. The topological polar surface area (TPSA) is 51.8 Å². The van der Waals surface area contributed by atoms with Gasteiger partial charge in [-0.15, -0.1) is 0 Å². The Labute approximate surface area is 88.5 Å². The lowest BCUT2D eigenvalue weighted by Crippen LogP contribution is -2.20. The van der Waals surface area contributed by atoms with E-state index in [1.54, 1.807) is 0 Å². The van der Waals surface area contributed by atoms with E-state index in [-0.39, 0.29) is 0 Å². The lowest BCUT2D eigenvalue weighted by atomic mass is 10.1. The molecular weight excluding hydrogens is 194 g/mol. The highest BCUT2D eigenvalue weighted by molar-refractivity contribution is 8.00. The molecule has 2 N–H and O–H groups in total. The number of thioether (sulfide) groups is 1. The van der Waals surface area contributed by atoms with Crippen molar-refractivity contribution in [3.05, 3.63) is 17.1 Å². The van der Waals surface area contributed by atoms with Gasteiger partial charge in [0.2, 0.25) is 0 Å². The molecule has 0 atom stereocenters. The zero-order chi connectivity index (χ0) is 10.1. The van der Waals surface area contributed by atoms with E-state index in [0.29, 0.717) is 11.7 Å². The van der Waals surface area contributed by atoms with Crippen LogP contribution in [-0.2, 0) is 6.42 Å². The van der Waals surface area contributed by atoms with E-state index in [2.05, 4.69) is 16.9 Å². The Hall–Kier alpha value is -0.770. The van der Waals surface area contributed by atoms with Crippen LogP contribution in [0, 0.1) is 6.92 Å². The Morgan fingerprint density at radius 1 is 1.43 bits per heavy atom. The first-order chi connectivity index (χ1) is 6.72. The highest BCUT2D eigenvalue weighted by atomic mass is 32.2. The standard InChI is InChI=1S/C10H15N3S/c1-3-8-6(2)12-10(13-9(8)11)7-4-14-5-7/h7H,3-5H2,1-2H3,(H2,11,12,13). The monoisotopic (exact) mass is 209 g/mol. The fourth-order valence-electron chi connectivity index (χ4n) is 1.64. The molecule has 1 aromatic heterocycles. The Morgan fingerprint density at radius 2 is 2.14 bits per heavy atom. The summed E-state index contributed by atoms with van der Waals surface area (Å²) in [6.07, 6.45) is 0.914. The smallest absolute Gasteiger partial charge is 0.135 e. The van der Waals surface area contributed by atoms with E-state index in [0.717, 1.165) is 35.0 Å². The predicted molar refractivity (Wildman–Crippen MR) is 60.6 cm³/mol. The average Bonchev–Trinajstić information content (AvgIpc) is 2.00. The van der Waals surface area contributed by atoms with Gasteiger partial charge in [0.25, 0.3) is 0 Å². The van der Waals surface area contributed by atoms with Crippen LogP contribution in [-0.4, -0.2) is 21.5 Å². The minimum Gasteiger partial charge on any atom is -0.383 e. The molecule has 76 valence electrons. The lowest BCUT2D eigenvalue weighted by molar-refractivity contribution is 0.752. The average molecular weight is 209 g/mol. The van der Waals surface area contributed by atoms with Crippen LogP contribution in [0.4, 0.5) is 5.82 Å². The summed E-state index contributed by atoms with van der Waals surface area (Å²) < 4.78 is 0. The summed E-state index contributed by atoms with van der Waals surface area (Å²) >= 11 is 1.94. The number of hydrogen-bond acceptors (Lipinski definition) is 4. The Kier molecular flexibility index (Phi) is 2.63. The van der Waals surface area contributed by atoms with E-state index in [1.807, 2.05) is 18.7 Å². The molecule has 0 aromatic carbocycles. The van der Waals surface area contributed by atoms with Crippen LogP contribution in [0.25, 0.3) is 0 Å². The molecule has 1 aliphatic rings. The number of nitrogen functional groups attached to an aromatic ring is 1. The van der Waals surface area contributed by atoms with Gasteiger partial charge in [-0.2, -0.15) is 11.8 Å². The number of nitrogens with zero attached hydrogens (tertiary/aromatic N) is 2. The highest BCUT2D eigenvalue weighted by Gasteiger charge is 2.24. The Bertz CT molecular complexity index is 324. The van der Waals surface area contributed by atoms with Gasteiger partial charge in [0.05, 0.1) is 0 Å². The van der Waals surface area contributed by atoms with Gasteiger partial charge < -0.3 is 5.73 Å². The van der Waals surface area contributed by atoms with Gasteiger partial charge in [0.15, 0.2) is 0 Å². The predicted octanol–water partition coefficient (Wildman–Crippen LogP) is 1.76. The molecule has 2 rings (SSSR count). The van der Waals surface area contributed by atoms with Gasteiger partial charge in [0, 0.05) is 28.7 Å². The maximum Gasteiger partial charge on any atom is 0.135 e. The first-order valence-electron chi connectivity index (χ1n) is 4.93. The number of nitrogens with two attached hydrogens (primary N) is 1. The quantitative estimate of drug-likeness (QED) is 0.806. The molecule has 0 bridgehead atoms. The molecule has 1 saturated heterocycles. The highest BCUT2D eigenvalue weighted by Crippen LogP contribution is 2.32. The van der Waals surface area contributed by atoms with E-state index in [9.17, 15) is 0 Å². The maximum atomic E-state index is 5.89. The molecule has 2 heterocycles. The van der Waals surface area contributed by atoms with Crippen LogP contribution in [0.3, 0.4) is 0 Å². The van der Waals surface area contributed by atoms with Crippen LogP contribution >= 0.6 is 11.8 Å². The third kappa shape index (κ3) is 1.59. The largest absolute Gasteiger partial charge is 0.383 e. The SMILES string of the molecule is CCc1c(C)nc(C2CSC2)nc1N. The van der Waals surface area contributed by atoms with Gasteiger partial charge in [-0.3, -0.25) is 0 Å². The van der Waals surface area contributed by atoms with Crippen LogP contribution in [0.1, 0.15) is 29.9 Å². The van der Waals surface area contributed by atoms with Crippen LogP contribution in [0.5, 0.6) is 0 Å². The number of aromatic nitrogens is 2. The summed E-state index contributed by atoms with van der Waals surface area (Å²) in [5, 5.41) is 0. The molecule has 0 saturated carbocycles. The van der Waals surface area contributed by atoms with Crippen molar-refractivity contribution >= 4 is 17.6 Å². The van der Waals surface area contributed by atoms with Crippen molar-refractivity contribution in [2.45, 2.75) is 26.2 Å². The van der Waals surface area contributed by atoms with E-state index in [1.165, 1.54) is 0 Å². The Balaban J connectivity index is 2.35. The van der Waals surface area contributed by atoms with Gasteiger partial charge in [-0.1, -0.05) is 6.92 Å². The molecule has 0 unspecified atom stereocenters. The number of aryl methyl sites for hydroxylation is 1. The third-order valence-corrected chi connectivity index (χ3v) is 3.90. The second-order valence-corrected chi connectivity index (χ2v) is 4.69. The first-order valence-corrected chi connectivity index (χ1v) is 6.08. The normalized spacial score (nSPS) is 16.7. The van der Waals surface area contributed by atoms with Crippen molar-refractivity contribution in [2.24, 2.45) is 0 Å². The minimum absolute atomic E-state index is 0.534. The Morgan fingerprint density at radius 3 is 2.57 bits per heavy atom. The van der Waals surface area contributed by atoms with Gasteiger partial charge in [-0.25, -0.2) is 9.97 Å². The molecule has 3 nitrogen and oxygen atoms in total. The molecule has 0 radical (unpaired) electrons. The van der Waals surface area contributed by atoms with Crippen LogP contribution in [0.2, 0.25) is 0 Å². The second-order valence-electron chi connectivity index (χ2n) is 3.62. The van der Waals surface area contributed by atoms with Crippen molar-refractivity contribution in [3.63, 3.8) is 0 Å². The number of hydrogen-bond donors (Lipinski definition) is 1. The fraction of sp³-hybridized carbons (Fsp3) is 0.600. The molecule has 1 fully saturated rings. The van der Waals surface area contributed by atoms with Crippen molar-refractivity contribution < 1.29 is 0 Å². The number of anilines is 1. The minimum atomic E-state index is 0.534. The summed E-state index contributed by atoms with van der Waals surface area (Å²) in [7, 11) is 0. The molecule has 0 aliphatic carbocycles. The van der Waals surface area contributed by atoms with Crippen molar-refractivity contribution in [2.75, 3.05) is 17.2 Å². The molecule has 1 aromatic rings. The maximum absolute atomic E-state index is 5.89. The van der Waals surface area contributed by atoms with Crippen LogP contribution < -0.4 is 5.73 Å². The summed E-state index contributed by atoms with van der Waals surface area (Å²) in [5.41, 5.74) is 8.04. The van der Waals surface area contributed by atoms with Gasteiger partial charge in [0.1, 0.15) is 11.6 Å². The van der Waals surface area contributed by atoms with Crippen molar-refractivity contribution in [1.29, 1.82) is 0 Å². The second kappa shape index (κ2) is 3.77. The first kappa shape index (κ1) is 9.77. The van der Waals surface area contributed by atoms with Gasteiger partial charge in [-0.05, 0) is 13.3 Å². The molecule has 4 heteroatoms. The summed E-state index contributed by atoms with van der Waals surface area (Å²) in [6.45, 7) is 4.10. The molecule has 1 aliphatic heterocycles. The summed E-state index contributed by atoms with van der Waals surface area (Å²) in [6, 6.07) is 0. The molecule has 0 amide bonds. The molecule has 0 spiro atoms. The van der Waals surface area contributed by atoms with E-state index in [4.69, 9.17) is 5.73 Å². The lowest BCUT2D eigenvalue weighted by Gasteiger charge is -2.24. The number of rotatable bonds is 2. The van der Waals surface area contributed by atoms with E-state index >= 15 is 0 Å². The fourth-order valence-corrected chi connectivity index (χ4v) is 2.41. The van der Waals surface area contributed by atoms with Crippen LogP contribution in [0.15, 0.2) is 0 Å². The zero-order valence-electron chi connectivity index (χ0n) is 8.58. The van der Waals surface area contributed by atoms with Crippen molar-refractivity contribution in [3.8, 4) is 0 Å². The zero-order valence-corrected chi connectivity index (χ0v) is 9.40. The van der Waals surface area contributed by atoms with Crippen molar-refractivity contribution in [1.82, 2.24) is 9.97 Å². The molecular formula is C10H15N3S. The molecule has 14 heavy (non-hydrogen) atoms.